The maximum atomic E-state index is 12.5. The largest absolute Gasteiger partial charge is 0.504 e. The fourth-order valence-corrected chi connectivity index (χ4v) is 2.93. The summed E-state index contributed by atoms with van der Waals surface area (Å²) < 4.78 is 6.09. The van der Waals surface area contributed by atoms with Crippen molar-refractivity contribution in [2.75, 3.05) is 19.7 Å². The van der Waals surface area contributed by atoms with Crippen LogP contribution in [0.4, 0.5) is 4.79 Å². The highest BCUT2D eigenvalue weighted by molar-refractivity contribution is 5.94. The monoisotopic (exact) mass is 360 g/mol. The van der Waals surface area contributed by atoms with Gasteiger partial charge in [-0.15, -0.1) is 0 Å². The Morgan fingerprint density at radius 2 is 2.12 bits per heavy atom. The summed E-state index contributed by atoms with van der Waals surface area (Å²) in [5, 5.41) is 12.5. The molecule has 0 spiro atoms. The van der Waals surface area contributed by atoms with E-state index < -0.39 is 11.5 Å². The van der Waals surface area contributed by atoms with E-state index in [0.29, 0.717) is 32.5 Å². The first-order valence-electron chi connectivity index (χ1n) is 8.43. The average molecular weight is 360 g/mol. The smallest absolute Gasteiger partial charge is 0.409 e. The molecule has 3 rings (SSSR count). The van der Waals surface area contributed by atoms with Crippen molar-refractivity contribution in [3.63, 3.8) is 0 Å². The van der Waals surface area contributed by atoms with Crippen LogP contribution in [0.2, 0.25) is 0 Å². The molecule has 2 amide bonds. The highest BCUT2D eigenvalue weighted by Gasteiger charge is 2.25. The Balaban J connectivity index is 1.68. The van der Waals surface area contributed by atoms with E-state index >= 15 is 0 Å². The van der Waals surface area contributed by atoms with Gasteiger partial charge in [0.1, 0.15) is 5.56 Å². The van der Waals surface area contributed by atoms with Gasteiger partial charge in [0.15, 0.2) is 11.4 Å². The zero-order chi connectivity index (χ0) is 18.7. The Bertz CT molecular complexity index is 886. The molecule has 3 heterocycles. The predicted octanol–water partition coefficient (Wildman–Crippen LogP) is 0.751. The third kappa shape index (κ3) is 3.46. The van der Waals surface area contributed by atoms with Crippen LogP contribution in [0, 0.1) is 0 Å². The number of rotatable bonds is 3. The van der Waals surface area contributed by atoms with Crippen LogP contribution in [0.1, 0.15) is 30.1 Å². The lowest BCUT2D eigenvalue weighted by atomic mass is 10.1. The van der Waals surface area contributed by atoms with Crippen molar-refractivity contribution in [2.24, 2.45) is 0 Å². The number of nitrogens with one attached hydrogen (secondary N) is 1. The van der Waals surface area contributed by atoms with Crippen molar-refractivity contribution < 1.29 is 19.4 Å². The minimum absolute atomic E-state index is 0.0943. The van der Waals surface area contributed by atoms with Gasteiger partial charge in [0.25, 0.3) is 11.5 Å². The summed E-state index contributed by atoms with van der Waals surface area (Å²) >= 11 is 0. The van der Waals surface area contributed by atoms with Crippen molar-refractivity contribution in [3.8, 4) is 5.75 Å². The number of aromatic nitrogens is 2. The van der Waals surface area contributed by atoms with Crippen molar-refractivity contribution in [2.45, 2.75) is 25.8 Å². The molecule has 0 atom stereocenters. The number of hydrogen-bond acceptors (Lipinski definition) is 6. The van der Waals surface area contributed by atoms with Crippen LogP contribution in [0.3, 0.4) is 0 Å². The summed E-state index contributed by atoms with van der Waals surface area (Å²) in [6.45, 7) is 3.03. The molecule has 2 aromatic heterocycles. The van der Waals surface area contributed by atoms with E-state index in [1.54, 1.807) is 11.8 Å². The quantitative estimate of drug-likeness (QED) is 0.835. The molecule has 0 bridgehead atoms. The lowest BCUT2D eigenvalue weighted by Gasteiger charge is -2.31. The Kier molecular flexibility index (Phi) is 5.06. The van der Waals surface area contributed by atoms with Crippen molar-refractivity contribution in [3.05, 3.63) is 40.4 Å². The zero-order valence-corrected chi connectivity index (χ0v) is 14.3. The second-order valence-electron chi connectivity index (χ2n) is 6.00. The molecule has 1 saturated heterocycles. The molecular formula is C17H20N4O5. The van der Waals surface area contributed by atoms with Crippen molar-refractivity contribution in [1.29, 1.82) is 0 Å². The number of likely N-dealkylation sites (tertiary alicyclic amines) is 1. The Hall–Kier alpha value is -3.10. The number of piperidine rings is 1. The number of aromatic hydroxyl groups is 1. The van der Waals surface area contributed by atoms with E-state index in [1.807, 2.05) is 0 Å². The van der Waals surface area contributed by atoms with E-state index in [4.69, 9.17) is 4.74 Å². The van der Waals surface area contributed by atoms with E-state index in [-0.39, 0.29) is 29.1 Å². The molecule has 0 aliphatic carbocycles. The molecule has 9 nitrogen and oxygen atoms in total. The van der Waals surface area contributed by atoms with Gasteiger partial charge in [-0.2, -0.15) is 0 Å². The summed E-state index contributed by atoms with van der Waals surface area (Å²) in [6.07, 6.45) is 3.41. The second kappa shape index (κ2) is 7.42. The molecule has 2 N–H and O–H groups in total. The van der Waals surface area contributed by atoms with Gasteiger partial charge in [0.2, 0.25) is 0 Å². The number of pyridine rings is 1. The molecule has 9 heteroatoms. The lowest BCUT2D eigenvalue weighted by Crippen LogP contribution is -2.47. The van der Waals surface area contributed by atoms with Gasteiger partial charge in [-0.05, 0) is 31.9 Å². The molecule has 0 aromatic carbocycles. The molecular weight excluding hydrogens is 340 g/mol. The zero-order valence-electron chi connectivity index (χ0n) is 14.3. The molecule has 2 aromatic rings. The van der Waals surface area contributed by atoms with E-state index in [0.717, 1.165) is 4.40 Å². The maximum absolute atomic E-state index is 12.5. The van der Waals surface area contributed by atoms with E-state index in [2.05, 4.69) is 10.3 Å². The minimum atomic E-state index is -0.549. The van der Waals surface area contributed by atoms with Crippen LogP contribution in [-0.2, 0) is 4.74 Å². The molecule has 26 heavy (non-hydrogen) atoms. The summed E-state index contributed by atoms with van der Waals surface area (Å²) in [7, 11) is 0. The summed E-state index contributed by atoms with van der Waals surface area (Å²) in [5.74, 6) is -0.655. The first-order valence-corrected chi connectivity index (χ1v) is 8.43. The summed E-state index contributed by atoms with van der Waals surface area (Å²) in [5.41, 5.74) is -0.551. The highest BCUT2D eigenvalue weighted by atomic mass is 16.6. The summed E-state index contributed by atoms with van der Waals surface area (Å²) in [6, 6.07) is 2.77. The fourth-order valence-electron chi connectivity index (χ4n) is 2.93. The van der Waals surface area contributed by atoms with E-state index in [1.165, 1.54) is 24.5 Å². The molecule has 138 valence electrons. The SMILES string of the molecule is CCOC(=O)N1CCC(NC(=O)c2cnc3c(O)cccn3c2=O)CC1. The van der Waals surface area contributed by atoms with Gasteiger partial charge in [-0.25, -0.2) is 9.78 Å². The minimum Gasteiger partial charge on any atom is -0.504 e. The molecule has 1 aliphatic heterocycles. The van der Waals surface area contributed by atoms with Crippen LogP contribution >= 0.6 is 0 Å². The van der Waals surface area contributed by atoms with Crippen LogP contribution in [-0.4, -0.2) is 57.1 Å². The van der Waals surface area contributed by atoms with Gasteiger partial charge in [-0.3, -0.25) is 14.0 Å². The number of hydrogen-bond donors (Lipinski definition) is 2. The third-order valence-electron chi connectivity index (χ3n) is 4.31. The molecule has 0 saturated carbocycles. The second-order valence-corrected chi connectivity index (χ2v) is 6.00. The van der Waals surface area contributed by atoms with Crippen LogP contribution < -0.4 is 10.9 Å². The Labute approximate surface area is 149 Å². The van der Waals surface area contributed by atoms with Crippen molar-refractivity contribution >= 4 is 17.6 Å². The average Bonchev–Trinajstić information content (AvgIpc) is 2.63. The number of fused-ring (bicyclic) bond motifs is 1. The van der Waals surface area contributed by atoms with Gasteiger partial charge in [-0.1, -0.05) is 0 Å². The fraction of sp³-hybridized carbons (Fsp3) is 0.412. The maximum Gasteiger partial charge on any atom is 0.409 e. The van der Waals surface area contributed by atoms with E-state index in [9.17, 15) is 19.5 Å². The number of carbonyl (C=O) groups excluding carboxylic acids is 2. The normalized spacial score (nSPS) is 15.0. The van der Waals surface area contributed by atoms with Gasteiger partial charge in [0, 0.05) is 31.5 Å². The molecule has 1 fully saturated rings. The highest BCUT2D eigenvalue weighted by Crippen LogP contribution is 2.14. The van der Waals surface area contributed by atoms with Gasteiger partial charge >= 0.3 is 6.09 Å². The molecule has 0 unspecified atom stereocenters. The Morgan fingerprint density at radius 1 is 1.38 bits per heavy atom. The number of amides is 2. The lowest BCUT2D eigenvalue weighted by molar-refractivity contribution is 0.0858. The number of ether oxygens (including phenoxy) is 1. The standard InChI is InChI=1S/C17H20N4O5/c1-2-26-17(25)20-8-5-11(6-9-20)19-15(23)12-10-18-14-13(22)4-3-7-21(14)16(12)24/h3-4,7,10-11,22H,2,5-6,8-9H2,1H3,(H,19,23). The number of nitrogens with zero attached hydrogens (tertiary/aromatic N) is 3. The van der Waals surface area contributed by atoms with Crippen LogP contribution in [0.25, 0.3) is 5.65 Å². The van der Waals surface area contributed by atoms with Crippen LogP contribution in [0.15, 0.2) is 29.3 Å². The van der Waals surface area contributed by atoms with Gasteiger partial charge in [0.05, 0.1) is 6.61 Å². The van der Waals surface area contributed by atoms with Crippen molar-refractivity contribution in [1.82, 2.24) is 19.6 Å². The third-order valence-corrected chi connectivity index (χ3v) is 4.31. The first-order chi connectivity index (χ1) is 12.5. The predicted molar refractivity (Wildman–Crippen MR) is 92.2 cm³/mol. The topological polar surface area (TPSA) is 113 Å². The first kappa shape index (κ1) is 17.7. The Morgan fingerprint density at radius 3 is 2.81 bits per heavy atom. The summed E-state index contributed by atoms with van der Waals surface area (Å²) in [4.78, 5) is 42.2. The molecule has 0 radical (unpaired) electrons. The van der Waals surface area contributed by atoms with Crippen LogP contribution in [0.5, 0.6) is 5.75 Å². The number of carbonyl (C=O) groups is 2. The van der Waals surface area contributed by atoms with Gasteiger partial charge < -0.3 is 20.1 Å². The molecule has 1 aliphatic rings.